The number of imide groups is 1. The minimum atomic E-state index is -1.34. The SMILES string of the molecule is CCOC(=O)[C@]1(CC)N[C@H](c2ccccc2F)[C@H]2C(=O)N(C)C(=O)[C@@H]21. The Balaban J connectivity index is 2.14. The van der Waals surface area contributed by atoms with Crippen LogP contribution in [0.3, 0.4) is 0 Å². The van der Waals surface area contributed by atoms with Crippen LogP contribution >= 0.6 is 0 Å². The third-order valence-electron chi connectivity index (χ3n) is 5.31. The van der Waals surface area contributed by atoms with Gasteiger partial charge in [0.05, 0.1) is 18.4 Å². The van der Waals surface area contributed by atoms with Crippen molar-refractivity contribution in [1.82, 2.24) is 10.2 Å². The molecule has 0 saturated carbocycles. The normalized spacial score (nSPS) is 31.4. The van der Waals surface area contributed by atoms with Crippen molar-refractivity contribution >= 4 is 17.8 Å². The fraction of sp³-hybridized carbons (Fsp3) is 0.500. The summed E-state index contributed by atoms with van der Waals surface area (Å²) in [6.45, 7) is 3.58. The van der Waals surface area contributed by atoms with Crippen molar-refractivity contribution in [3.8, 4) is 0 Å². The van der Waals surface area contributed by atoms with Gasteiger partial charge in [0.2, 0.25) is 11.8 Å². The highest BCUT2D eigenvalue weighted by atomic mass is 19.1. The van der Waals surface area contributed by atoms with Crippen molar-refractivity contribution < 1.29 is 23.5 Å². The standard InChI is InChI=1S/C18H21FN2O4/c1-4-18(17(24)25-5-2)13-12(15(22)21(3)16(13)23)14(20-18)10-8-6-7-9-11(10)19/h6-9,12-14,20H,4-5H2,1-3H3/t12-,13+,14+,18+/m0/s1. The maximum absolute atomic E-state index is 14.4. The summed E-state index contributed by atoms with van der Waals surface area (Å²) in [7, 11) is 1.40. The number of nitrogens with zero attached hydrogens (tertiary/aromatic N) is 1. The number of rotatable bonds is 4. The number of nitrogens with one attached hydrogen (secondary N) is 1. The minimum absolute atomic E-state index is 0.155. The van der Waals surface area contributed by atoms with Crippen LogP contribution in [0.4, 0.5) is 4.39 Å². The molecule has 0 spiro atoms. The highest BCUT2D eigenvalue weighted by Crippen LogP contribution is 2.50. The largest absolute Gasteiger partial charge is 0.465 e. The fourth-order valence-electron chi connectivity index (χ4n) is 4.06. The van der Waals surface area contributed by atoms with Gasteiger partial charge in [0.15, 0.2) is 0 Å². The second-order valence-corrected chi connectivity index (χ2v) is 6.43. The Hall–Kier alpha value is -2.28. The molecule has 25 heavy (non-hydrogen) atoms. The number of hydrogen-bond acceptors (Lipinski definition) is 5. The van der Waals surface area contributed by atoms with Crippen LogP contribution in [-0.2, 0) is 19.1 Å². The van der Waals surface area contributed by atoms with Crippen molar-refractivity contribution in [3.63, 3.8) is 0 Å². The molecule has 0 unspecified atom stereocenters. The fourth-order valence-corrected chi connectivity index (χ4v) is 4.06. The van der Waals surface area contributed by atoms with Gasteiger partial charge in [0.25, 0.3) is 0 Å². The summed E-state index contributed by atoms with van der Waals surface area (Å²) in [6.07, 6.45) is 0.255. The predicted octanol–water partition coefficient (Wildman–Crippen LogP) is 1.41. The Morgan fingerprint density at radius 2 is 1.96 bits per heavy atom. The summed E-state index contributed by atoms with van der Waals surface area (Å²) in [4.78, 5) is 39.1. The zero-order valence-corrected chi connectivity index (χ0v) is 14.4. The van der Waals surface area contributed by atoms with Crippen LogP contribution < -0.4 is 5.32 Å². The molecule has 0 aromatic heterocycles. The Morgan fingerprint density at radius 3 is 2.56 bits per heavy atom. The Labute approximate surface area is 145 Å². The first-order chi connectivity index (χ1) is 11.9. The Morgan fingerprint density at radius 1 is 1.28 bits per heavy atom. The predicted molar refractivity (Wildman–Crippen MR) is 86.7 cm³/mol. The average Bonchev–Trinajstić information content (AvgIpc) is 3.06. The highest BCUT2D eigenvalue weighted by molar-refractivity contribution is 6.09. The van der Waals surface area contributed by atoms with E-state index in [1.807, 2.05) is 0 Å². The summed E-state index contributed by atoms with van der Waals surface area (Å²) in [6, 6.07) is 5.31. The van der Waals surface area contributed by atoms with Crippen molar-refractivity contribution in [2.24, 2.45) is 11.8 Å². The van der Waals surface area contributed by atoms with E-state index in [0.29, 0.717) is 0 Å². The van der Waals surface area contributed by atoms with Crippen LogP contribution in [0, 0.1) is 17.7 Å². The molecule has 7 heteroatoms. The zero-order chi connectivity index (χ0) is 18.4. The molecule has 2 aliphatic heterocycles. The number of ether oxygens (including phenoxy) is 1. The maximum atomic E-state index is 14.4. The third kappa shape index (κ3) is 2.37. The summed E-state index contributed by atoms with van der Waals surface area (Å²) in [5.41, 5.74) is -1.07. The lowest BCUT2D eigenvalue weighted by molar-refractivity contribution is -0.156. The van der Waals surface area contributed by atoms with Gasteiger partial charge in [-0.2, -0.15) is 0 Å². The molecule has 1 aromatic carbocycles. The number of halogens is 1. The van der Waals surface area contributed by atoms with Crippen molar-refractivity contribution in [3.05, 3.63) is 35.6 Å². The van der Waals surface area contributed by atoms with E-state index in [2.05, 4.69) is 5.32 Å². The first-order valence-electron chi connectivity index (χ1n) is 8.39. The second kappa shape index (κ2) is 6.22. The first-order valence-corrected chi connectivity index (χ1v) is 8.39. The lowest BCUT2D eigenvalue weighted by atomic mass is 9.78. The number of amides is 2. The van der Waals surface area contributed by atoms with Gasteiger partial charge in [0, 0.05) is 18.7 Å². The van der Waals surface area contributed by atoms with E-state index >= 15 is 0 Å². The number of carbonyl (C=O) groups is 3. The monoisotopic (exact) mass is 348 g/mol. The molecule has 0 aliphatic carbocycles. The number of esters is 1. The molecule has 4 atom stereocenters. The topological polar surface area (TPSA) is 75.7 Å². The maximum Gasteiger partial charge on any atom is 0.327 e. The second-order valence-electron chi connectivity index (χ2n) is 6.43. The van der Waals surface area contributed by atoms with Crippen molar-refractivity contribution in [2.45, 2.75) is 31.8 Å². The van der Waals surface area contributed by atoms with E-state index in [9.17, 15) is 18.8 Å². The number of benzene rings is 1. The lowest BCUT2D eigenvalue weighted by Gasteiger charge is -2.31. The van der Waals surface area contributed by atoms with E-state index in [1.165, 1.54) is 13.1 Å². The molecule has 0 radical (unpaired) electrons. The average molecular weight is 348 g/mol. The molecule has 2 fully saturated rings. The number of likely N-dealkylation sites (tertiary alicyclic amines) is 1. The highest BCUT2D eigenvalue weighted by Gasteiger charge is 2.67. The molecule has 134 valence electrons. The molecule has 2 aliphatic rings. The minimum Gasteiger partial charge on any atom is -0.465 e. The summed E-state index contributed by atoms with van der Waals surface area (Å²) >= 11 is 0. The van der Waals surface area contributed by atoms with E-state index < -0.39 is 47.0 Å². The van der Waals surface area contributed by atoms with Crippen molar-refractivity contribution in [1.29, 1.82) is 0 Å². The van der Waals surface area contributed by atoms with E-state index in [1.54, 1.807) is 32.0 Å². The molecular formula is C18H21FN2O4. The van der Waals surface area contributed by atoms with Gasteiger partial charge in [-0.15, -0.1) is 0 Å². The third-order valence-corrected chi connectivity index (χ3v) is 5.31. The van der Waals surface area contributed by atoms with Gasteiger partial charge >= 0.3 is 5.97 Å². The molecule has 2 amide bonds. The molecule has 2 saturated heterocycles. The van der Waals surface area contributed by atoms with Crippen molar-refractivity contribution in [2.75, 3.05) is 13.7 Å². The molecule has 2 heterocycles. The summed E-state index contributed by atoms with van der Waals surface area (Å²) < 4.78 is 19.5. The molecule has 6 nitrogen and oxygen atoms in total. The molecule has 0 bridgehead atoms. The number of hydrogen-bond donors (Lipinski definition) is 1. The molecule has 3 rings (SSSR count). The van der Waals surface area contributed by atoms with Crippen LogP contribution in [0.15, 0.2) is 24.3 Å². The Bertz CT molecular complexity index is 738. The van der Waals surface area contributed by atoms with Crippen LogP contribution in [0.5, 0.6) is 0 Å². The van der Waals surface area contributed by atoms with Gasteiger partial charge in [-0.05, 0) is 19.4 Å². The number of carbonyl (C=O) groups excluding carboxylic acids is 3. The molecular weight excluding hydrogens is 327 g/mol. The van der Waals surface area contributed by atoms with Crippen LogP contribution in [-0.4, -0.2) is 41.9 Å². The Kier molecular flexibility index (Phi) is 4.36. The first kappa shape index (κ1) is 17.5. The van der Waals surface area contributed by atoms with Crippen LogP contribution in [0.25, 0.3) is 0 Å². The van der Waals surface area contributed by atoms with Gasteiger partial charge < -0.3 is 4.74 Å². The molecule has 1 N–H and O–H groups in total. The van der Waals surface area contributed by atoms with Gasteiger partial charge in [0.1, 0.15) is 11.4 Å². The number of fused-ring (bicyclic) bond motifs is 1. The lowest BCUT2D eigenvalue weighted by Crippen LogP contribution is -2.55. The van der Waals surface area contributed by atoms with Gasteiger partial charge in [-0.1, -0.05) is 25.1 Å². The van der Waals surface area contributed by atoms with E-state index in [4.69, 9.17) is 4.74 Å². The van der Waals surface area contributed by atoms with Gasteiger partial charge in [-0.25, -0.2) is 4.39 Å². The van der Waals surface area contributed by atoms with E-state index in [-0.39, 0.29) is 18.6 Å². The quantitative estimate of drug-likeness (QED) is 0.658. The van der Waals surface area contributed by atoms with Crippen LogP contribution in [0.1, 0.15) is 31.9 Å². The zero-order valence-electron chi connectivity index (χ0n) is 14.4. The van der Waals surface area contributed by atoms with Crippen LogP contribution in [0.2, 0.25) is 0 Å². The smallest absolute Gasteiger partial charge is 0.327 e. The summed E-state index contributed by atoms with van der Waals surface area (Å²) in [5.74, 6) is -3.64. The summed E-state index contributed by atoms with van der Waals surface area (Å²) in [5, 5.41) is 3.10. The molecule has 1 aromatic rings. The van der Waals surface area contributed by atoms with E-state index in [0.717, 1.165) is 4.90 Å². The van der Waals surface area contributed by atoms with Gasteiger partial charge in [-0.3, -0.25) is 24.6 Å².